The lowest BCUT2D eigenvalue weighted by atomic mass is 10.2. The molecule has 0 radical (unpaired) electrons. The maximum atomic E-state index is 5.23. The summed E-state index contributed by atoms with van der Waals surface area (Å²) in [5.41, 5.74) is 0. The van der Waals surface area contributed by atoms with Crippen LogP contribution >= 0.6 is 0 Å². The van der Waals surface area contributed by atoms with Crippen LogP contribution in [0.5, 0.6) is 0 Å². The molecule has 1 rings (SSSR count). The van der Waals surface area contributed by atoms with Gasteiger partial charge in [-0.3, -0.25) is 0 Å². The Morgan fingerprint density at radius 1 is 1.75 bits per heavy atom. The first-order valence-electron chi connectivity index (χ1n) is 4.60. The molecule has 1 aliphatic rings. The van der Waals surface area contributed by atoms with Crippen LogP contribution in [-0.4, -0.2) is 37.1 Å². The van der Waals surface area contributed by atoms with E-state index >= 15 is 0 Å². The summed E-state index contributed by atoms with van der Waals surface area (Å²) in [5, 5.41) is 3.53. The normalized spacial score (nSPS) is 26.9. The van der Waals surface area contributed by atoms with Crippen molar-refractivity contribution in [2.24, 2.45) is 0 Å². The molecule has 68 valence electrons. The minimum absolute atomic E-state index is 0.464. The number of hydrogen-bond acceptors (Lipinski definition) is 2. The highest BCUT2D eigenvalue weighted by Crippen LogP contribution is 2.07. The highest BCUT2D eigenvalue weighted by atomic mass is 15.2. The van der Waals surface area contributed by atoms with Gasteiger partial charge in [0, 0.05) is 25.0 Å². The SMILES string of the molecule is C#CCC(C)NC1CCN(C)C1. The number of terminal acetylenes is 1. The van der Waals surface area contributed by atoms with Gasteiger partial charge >= 0.3 is 0 Å². The molecule has 2 atom stereocenters. The van der Waals surface area contributed by atoms with Crippen molar-refractivity contribution in [1.82, 2.24) is 10.2 Å². The Labute approximate surface area is 75.3 Å². The van der Waals surface area contributed by atoms with Gasteiger partial charge in [0.2, 0.25) is 0 Å². The predicted molar refractivity (Wildman–Crippen MR) is 51.9 cm³/mol. The molecule has 1 heterocycles. The monoisotopic (exact) mass is 166 g/mol. The highest BCUT2D eigenvalue weighted by Gasteiger charge is 2.19. The molecule has 2 unspecified atom stereocenters. The van der Waals surface area contributed by atoms with E-state index in [4.69, 9.17) is 6.42 Å². The number of rotatable bonds is 3. The Morgan fingerprint density at radius 3 is 3.00 bits per heavy atom. The topological polar surface area (TPSA) is 15.3 Å². The predicted octanol–water partition coefficient (Wildman–Crippen LogP) is 0.692. The van der Waals surface area contributed by atoms with Gasteiger partial charge in [-0.05, 0) is 26.9 Å². The van der Waals surface area contributed by atoms with Gasteiger partial charge < -0.3 is 10.2 Å². The molecular formula is C10H18N2. The lowest BCUT2D eigenvalue weighted by Crippen LogP contribution is -2.37. The fraction of sp³-hybridized carbons (Fsp3) is 0.800. The number of hydrogen-bond donors (Lipinski definition) is 1. The molecule has 0 aromatic heterocycles. The van der Waals surface area contributed by atoms with Gasteiger partial charge in [0.05, 0.1) is 0 Å². The number of nitrogens with one attached hydrogen (secondary N) is 1. The summed E-state index contributed by atoms with van der Waals surface area (Å²) < 4.78 is 0. The van der Waals surface area contributed by atoms with Crippen molar-refractivity contribution >= 4 is 0 Å². The first-order valence-corrected chi connectivity index (χ1v) is 4.60. The Bertz CT molecular complexity index is 171. The third kappa shape index (κ3) is 2.84. The molecule has 2 nitrogen and oxygen atoms in total. The number of likely N-dealkylation sites (tertiary alicyclic amines) is 1. The highest BCUT2D eigenvalue weighted by molar-refractivity contribution is 4.90. The standard InChI is InChI=1S/C10H18N2/c1-4-5-9(2)11-10-6-7-12(3)8-10/h1,9-11H,5-8H2,2-3H3. The van der Waals surface area contributed by atoms with Gasteiger partial charge in [-0.25, -0.2) is 0 Å². The Balaban J connectivity index is 2.19. The fourth-order valence-electron chi connectivity index (χ4n) is 1.71. The first-order chi connectivity index (χ1) is 5.72. The van der Waals surface area contributed by atoms with Crippen molar-refractivity contribution in [3.8, 4) is 12.3 Å². The summed E-state index contributed by atoms with van der Waals surface area (Å²) in [4.78, 5) is 2.35. The summed E-state index contributed by atoms with van der Waals surface area (Å²) >= 11 is 0. The molecule has 1 fully saturated rings. The quantitative estimate of drug-likeness (QED) is 0.621. The molecule has 1 N–H and O–H groups in total. The molecule has 1 aliphatic heterocycles. The van der Waals surface area contributed by atoms with Crippen molar-refractivity contribution in [1.29, 1.82) is 0 Å². The minimum atomic E-state index is 0.464. The van der Waals surface area contributed by atoms with Crippen LogP contribution in [0.4, 0.5) is 0 Å². The van der Waals surface area contributed by atoms with E-state index in [2.05, 4.69) is 30.1 Å². The molecular weight excluding hydrogens is 148 g/mol. The summed E-state index contributed by atoms with van der Waals surface area (Å²) in [6.45, 7) is 4.52. The lowest BCUT2D eigenvalue weighted by Gasteiger charge is -2.17. The molecule has 0 bridgehead atoms. The number of likely N-dealkylation sites (N-methyl/N-ethyl adjacent to an activating group) is 1. The molecule has 0 aromatic rings. The third-order valence-corrected chi connectivity index (χ3v) is 2.34. The van der Waals surface area contributed by atoms with Crippen molar-refractivity contribution in [2.45, 2.75) is 31.8 Å². The van der Waals surface area contributed by atoms with E-state index in [0.717, 1.165) is 13.0 Å². The molecule has 0 aromatic carbocycles. The van der Waals surface area contributed by atoms with Crippen molar-refractivity contribution < 1.29 is 0 Å². The lowest BCUT2D eigenvalue weighted by molar-refractivity contribution is 0.386. The second kappa shape index (κ2) is 4.49. The second-order valence-electron chi connectivity index (χ2n) is 3.72. The summed E-state index contributed by atoms with van der Waals surface area (Å²) in [7, 11) is 2.16. The zero-order valence-corrected chi connectivity index (χ0v) is 8.01. The number of nitrogens with zero attached hydrogens (tertiary/aromatic N) is 1. The molecule has 1 saturated heterocycles. The minimum Gasteiger partial charge on any atom is -0.309 e. The van der Waals surface area contributed by atoms with Crippen LogP contribution in [0.1, 0.15) is 19.8 Å². The second-order valence-corrected chi connectivity index (χ2v) is 3.72. The van der Waals surface area contributed by atoms with Gasteiger partial charge in [-0.2, -0.15) is 0 Å². The maximum Gasteiger partial charge on any atom is 0.0238 e. The van der Waals surface area contributed by atoms with Crippen LogP contribution in [0, 0.1) is 12.3 Å². The van der Waals surface area contributed by atoms with Crippen LogP contribution in [0.25, 0.3) is 0 Å². The Morgan fingerprint density at radius 2 is 2.50 bits per heavy atom. The van der Waals surface area contributed by atoms with E-state index in [1.807, 2.05) is 0 Å². The first kappa shape index (κ1) is 9.57. The van der Waals surface area contributed by atoms with Gasteiger partial charge in [0.1, 0.15) is 0 Å². The average Bonchev–Trinajstić information content (AvgIpc) is 2.36. The van der Waals surface area contributed by atoms with Crippen molar-refractivity contribution in [2.75, 3.05) is 20.1 Å². The van der Waals surface area contributed by atoms with E-state index in [1.54, 1.807) is 0 Å². The van der Waals surface area contributed by atoms with Gasteiger partial charge in [-0.15, -0.1) is 12.3 Å². The zero-order chi connectivity index (χ0) is 8.97. The van der Waals surface area contributed by atoms with Crippen LogP contribution in [-0.2, 0) is 0 Å². The van der Waals surface area contributed by atoms with Crippen LogP contribution < -0.4 is 5.32 Å². The zero-order valence-electron chi connectivity index (χ0n) is 8.01. The van der Waals surface area contributed by atoms with Gasteiger partial charge in [0.25, 0.3) is 0 Å². The fourth-order valence-corrected chi connectivity index (χ4v) is 1.71. The van der Waals surface area contributed by atoms with Crippen LogP contribution in [0.15, 0.2) is 0 Å². The average molecular weight is 166 g/mol. The van der Waals surface area contributed by atoms with E-state index in [1.165, 1.54) is 13.0 Å². The molecule has 2 heteroatoms. The largest absolute Gasteiger partial charge is 0.309 e. The van der Waals surface area contributed by atoms with E-state index in [-0.39, 0.29) is 0 Å². The third-order valence-electron chi connectivity index (χ3n) is 2.34. The summed E-state index contributed by atoms with van der Waals surface area (Å²) in [6.07, 6.45) is 7.32. The Hall–Kier alpha value is -0.520. The van der Waals surface area contributed by atoms with E-state index in [9.17, 15) is 0 Å². The smallest absolute Gasteiger partial charge is 0.0238 e. The summed E-state index contributed by atoms with van der Waals surface area (Å²) in [6, 6.07) is 1.12. The van der Waals surface area contributed by atoms with Crippen LogP contribution in [0.2, 0.25) is 0 Å². The maximum absolute atomic E-state index is 5.23. The molecule has 0 aliphatic carbocycles. The van der Waals surface area contributed by atoms with Gasteiger partial charge in [-0.1, -0.05) is 0 Å². The van der Waals surface area contributed by atoms with E-state index < -0.39 is 0 Å². The molecule has 0 spiro atoms. The van der Waals surface area contributed by atoms with Crippen molar-refractivity contribution in [3.05, 3.63) is 0 Å². The molecule has 0 saturated carbocycles. The van der Waals surface area contributed by atoms with Crippen LogP contribution in [0.3, 0.4) is 0 Å². The van der Waals surface area contributed by atoms with E-state index in [0.29, 0.717) is 12.1 Å². The molecule has 0 amide bonds. The summed E-state index contributed by atoms with van der Waals surface area (Å²) in [5.74, 6) is 2.68. The van der Waals surface area contributed by atoms with Crippen molar-refractivity contribution in [3.63, 3.8) is 0 Å². The molecule has 12 heavy (non-hydrogen) atoms. The Kier molecular flexibility index (Phi) is 3.58. The van der Waals surface area contributed by atoms with Gasteiger partial charge in [0.15, 0.2) is 0 Å².